The van der Waals surface area contributed by atoms with Crippen LogP contribution in [0.25, 0.3) is 0 Å². The highest BCUT2D eigenvalue weighted by molar-refractivity contribution is 6.30. The Bertz CT molecular complexity index is 731. The minimum Gasteiger partial charge on any atom is -0.489 e. The number of carbonyl (C=O) groups excluding carboxylic acids is 1. The lowest BCUT2D eigenvalue weighted by Gasteiger charge is -2.19. The van der Waals surface area contributed by atoms with Gasteiger partial charge in [-0.2, -0.15) is 5.06 Å². The lowest BCUT2D eigenvalue weighted by Crippen LogP contribution is -2.27. The fourth-order valence-corrected chi connectivity index (χ4v) is 2.60. The summed E-state index contributed by atoms with van der Waals surface area (Å²) in [6, 6.07) is 11.0. The van der Waals surface area contributed by atoms with E-state index in [-0.39, 0.29) is 18.9 Å². The van der Waals surface area contributed by atoms with Gasteiger partial charge in [0.05, 0.1) is 5.69 Å². The van der Waals surface area contributed by atoms with Gasteiger partial charge in [-0.25, -0.2) is 0 Å². The van der Waals surface area contributed by atoms with E-state index >= 15 is 0 Å². The van der Waals surface area contributed by atoms with E-state index in [0.29, 0.717) is 21.3 Å². The van der Waals surface area contributed by atoms with Crippen molar-refractivity contribution in [2.24, 2.45) is 0 Å². The van der Waals surface area contributed by atoms with E-state index in [1.54, 1.807) is 25.1 Å². The zero-order valence-corrected chi connectivity index (χ0v) is 14.9. The molecule has 0 bridgehead atoms. The van der Waals surface area contributed by atoms with Crippen molar-refractivity contribution in [2.75, 3.05) is 5.06 Å². The van der Waals surface area contributed by atoms with Gasteiger partial charge in [-0.15, -0.1) is 0 Å². The number of hydrogen-bond acceptors (Lipinski definition) is 3. The van der Waals surface area contributed by atoms with Crippen LogP contribution in [0.2, 0.25) is 5.02 Å². The van der Waals surface area contributed by atoms with Crippen molar-refractivity contribution in [2.45, 2.75) is 40.2 Å². The molecule has 0 radical (unpaired) electrons. The fourth-order valence-electron chi connectivity index (χ4n) is 2.41. The number of hydrogen-bond donors (Lipinski definition) is 1. The molecule has 0 saturated heterocycles. The van der Waals surface area contributed by atoms with Gasteiger partial charge in [0.25, 0.3) is 0 Å². The summed E-state index contributed by atoms with van der Waals surface area (Å²) < 4.78 is 5.87. The second-order valence-electron chi connectivity index (χ2n) is 5.57. The van der Waals surface area contributed by atoms with Gasteiger partial charge in [-0.1, -0.05) is 37.6 Å². The molecular weight excluding hydrogens is 326 g/mol. The summed E-state index contributed by atoms with van der Waals surface area (Å²) in [6.07, 6.45) is 1.18. The van der Waals surface area contributed by atoms with Crippen molar-refractivity contribution in [3.63, 3.8) is 0 Å². The maximum absolute atomic E-state index is 11.8. The highest BCUT2D eigenvalue weighted by Crippen LogP contribution is 2.27. The van der Waals surface area contributed by atoms with Crippen LogP contribution >= 0.6 is 11.6 Å². The van der Waals surface area contributed by atoms with Gasteiger partial charge in [0, 0.05) is 17.0 Å². The lowest BCUT2D eigenvalue weighted by atomic mass is 10.1. The van der Waals surface area contributed by atoms with Gasteiger partial charge < -0.3 is 4.74 Å². The molecule has 0 aromatic heterocycles. The van der Waals surface area contributed by atoms with Crippen molar-refractivity contribution in [1.29, 1.82) is 0 Å². The molecule has 0 saturated carbocycles. The quantitative estimate of drug-likeness (QED) is 0.596. The van der Waals surface area contributed by atoms with Crippen LogP contribution in [-0.4, -0.2) is 11.1 Å². The average molecular weight is 348 g/mol. The van der Waals surface area contributed by atoms with E-state index in [2.05, 4.69) is 13.0 Å². The van der Waals surface area contributed by atoms with Crippen LogP contribution in [0.5, 0.6) is 5.75 Å². The normalized spacial score (nSPS) is 10.5. The van der Waals surface area contributed by atoms with Crippen molar-refractivity contribution in [1.82, 2.24) is 0 Å². The molecule has 24 heavy (non-hydrogen) atoms. The second kappa shape index (κ2) is 8.18. The van der Waals surface area contributed by atoms with Crippen molar-refractivity contribution < 1.29 is 14.7 Å². The third kappa shape index (κ3) is 4.28. The van der Waals surface area contributed by atoms with Gasteiger partial charge >= 0.3 is 0 Å². The van der Waals surface area contributed by atoms with Crippen molar-refractivity contribution in [3.05, 3.63) is 58.1 Å². The average Bonchev–Trinajstić information content (AvgIpc) is 2.59. The molecule has 0 unspecified atom stereocenters. The summed E-state index contributed by atoms with van der Waals surface area (Å²) >= 11 is 6.05. The smallest absolute Gasteiger partial charge is 0.250 e. The first-order valence-electron chi connectivity index (χ1n) is 7.98. The third-order valence-electron chi connectivity index (χ3n) is 3.84. The monoisotopic (exact) mass is 347 g/mol. The molecule has 2 aromatic carbocycles. The summed E-state index contributed by atoms with van der Waals surface area (Å²) in [5, 5.41) is 11.2. The summed E-state index contributed by atoms with van der Waals surface area (Å²) in [6.45, 7) is 5.99. The molecule has 1 amide bonds. The predicted octanol–water partition coefficient (Wildman–Crippen LogP) is 4.92. The van der Waals surface area contributed by atoms with Crippen LogP contribution in [0, 0.1) is 6.92 Å². The van der Waals surface area contributed by atoms with E-state index in [1.165, 1.54) is 5.56 Å². The minimum atomic E-state index is -0.387. The first-order chi connectivity index (χ1) is 11.5. The number of rotatable bonds is 6. The van der Waals surface area contributed by atoms with Gasteiger partial charge in [0.2, 0.25) is 5.91 Å². The molecule has 0 fully saturated rings. The Morgan fingerprint density at radius 3 is 2.58 bits per heavy atom. The third-order valence-corrected chi connectivity index (χ3v) is 4.07. The molecule has 4 nitrogen and oxygen atoms in total. The highest BCUT2D eigenvalue weighted by Gasteiger charge is 2.16. The molecule has 0 aliphatic rings. The zero-order chi connectivity index (χ0) is 17.7. The number of carbonyl (C=O) groups is 1. The fraction of sp³-hybridized carbons (Fsp3) is 0.316. The topological polar surface area (TPSA) is 49.8 Å². The van der Waals surface area contributed by atoms with Crippen LogP contribution in [-0.2, 0) is 17.8 Å². The van der Waals surface area contributed by atoms with E-state index in [1.807, 2.05) is 19.1 Å². The van der Waals surface area contributed by atoms with Gasteiger partial charge in [-0.3, -0.25) is 10.0 Å². The first-order valence-corrected chi connectivity index (χ1v) is 8.36. The number of benzene rings is 2. The largest absolute Gasteiger partial charge is 0.489 e. The van der Waals surface area contributed by atoms with Gasteiger partial charge in [0.1, 0.15) is 12.4 Å². The molecular formula is C19H22ClNO3. The second-order valence-corrected chi connectivity index (χ2v) is 6.01. The van der Waals surface area contributed by atoms with Crippen molar-refractivity contribution in [3.8, 4) is 5.75 Å². The number of amides is 1. The van der Waals surface area contributed by atoms with Crippen LogP contribution in [0.3, 0.4) is 0 Å². The molecule has 0 atom stereocenters. The molecule has 0 aliphatic carbocycles. The zero-order valence-electron chi connectivity index (χ0n) is 14.2. The Morgan fingerprint density at radius 1 is 1.21 bits per heavy atom. The number of anilines is 1. The molecule has 0 heterocycles. The number of halogens is 1. The minimum absolute atomic E-state index is 0.205. The van der Waals surface area contributed by atoms with Crippen molar-refractivity contribution >= 4 is 23.2 Å². The molecule has 2 aromatic rings. The molecule has 2 rings (SSSR count). The highest BCUT2D eigenvalue weighted by atomic mass is 35.5. The van der Waals surface area contributed by atoms with E-state index in [0.717, 1.165) is 17.7 Å². The Balaban J connectivity index is 2.23. The standard InChI is InChI=1S/C19H22ClNO3/c1-4-14-6-9-18(13(3)10-14)24-12-15-11-16(20)7-8-17(15)21(23)19(22)5-2/h6-11,23H,4-5,12H2,1-3H3. The molecule has 1 N–H and O–H groups in total. The van der Waals surface area contributed by atoms with Crippen LogP contribution < -0.4 is 9.80 Å². The van der Waals surface area contributed by atoms with Crippen LogP contribution in [0.1, 0.15) is 37.0 Å². The summed E-state index contributed by atoms with van der Waals surface area (Å²) in [7, 11) is 0. The Morgan fingerprint density at radius 2 is 1.96 bits per heavy atom. The van der Waals surface area contributed by atoms with E-state index in [4.69, 9.17) is 16.3 Å². The Labute approximate surface area is 147 Å². The van der Waals surface area contributed by atoms with Crippen LogP contribution in [0.15, 0.2) is 36.4 Å². The van der Waals surface area contributed by atoms with E-state index < -0.39 is 0 Å². The van der Waals surface area contributed by atoms with Gasteiger partial charge in [-0.05, 0) is 48.7 Å². The van der Waals surface area contributed by atoms with Crippen LogP contribution in [0.4, 0.5) is 5.69 Å². The molecule has 128 valence electrons. The molecule has 0 aliphatic heterocycles. The van der Waals surface area contributed by atoms with Gasteiger partial charge in [0.15, 0.2) is 0 Å². The Kier molecular flexibility index (Phi) is 6.23. The summed E-state index contributed by atoms with van der Waals surface area (Å²) in [5.41, 5.74) is 3.32. The predicted molar refractivity (Wildman–Crippen MR) is 95.9 cm³/mol. The number of nitrogens with zero attached hydrogens (tertiary/aromatic N) is 1. The number of aryl methyl sites for hydroxylation is 2. The molecule has 5 heteroatoms. The summed E-state index contributed by atoms with van der Waals surface area (Å²) in [4.78, 5) is 11.8. The van der Waals surface area contributed by atoms with E-state index in [9.17, 15) is 10.0 Å². The number of ether oxygens (including phenoxy) is 1. The summed E-state index contributed by atoms with van der Waals surface area (Å²) in [5.74, 6) is 0.381. The maximum Gasteiger partial charge on any atom is 0.250 e. The maximum atomic E-state index is 11.8. The molecule has 0 spiro atoms. The number of hydroxylamine groups is 1. The Hall–Kier alpha value is -2.04. The SMILES string of the molecule is CCC(=O)N(O)c1ccc(Cl)cc1COc1ccc(CC)cc1C. The first kappa shape index (κ1) is 18.3. The lowest BCUT2D eigenvalue weighted by molar-refractivity contribution is -0.123.